The van der Waals surface area contributed by atoms with Gasteiger partial charge in [-0.05, 0) is 74.1 Å². The zero-order chi connectivity index (χ0) is 34.1. The summed E-state index contributed by atoms with van der Waals surface area (Å²) in [6.45, 7) is 7.92. The lowest BCUT2D eigenvalue weighted by atomic mass is 9.91. The highest BCUT2D eigenvalue weighted by Gasteiger charge is 2.33. The lowest BCUT2D eigenvalue weighted by molar-refractivity contribution is -0.0364. The molecule has 6 rings (SSSR count). The lowest BCUT2D eigenvalue weighted by Gasteiger charge is -2.38. The fourth-order valence-electron chi connectivity index (χ4n) is 6.04. The van der Waals surface area contributed by atoms with Crippen molar-refractivity contribution in [1.82, 2.24) is 34.5 Å². The number of nitrogens with zero attached hydrogens (tertiary/aromatic N) is 6. The monoisotopic (exact) mass is 669 g/mol. The van der Waals surface area contributed by atoms with E-state index in [1.54, 1.807) is 24.1 Å². The fourth-order valence-corrected chi connectivity index (χ4v) is 6.28. The minimum atomic E-state index is -1.05. The van der Waals surface area contributed by atoms with E-state index in [2.05, 4.69) is 37.4 Å². The van der Waals surface area contributed by atoms with Gasteiger partial charge in [0.2, 0.25) is 0 Å². The van der Waals surface area contributed by atoms with E-state index in [-0.39, 0.29) is 17.6 Å². The fraction of sp³-hybridized carbons (Fsp3) is 0.361. The van der Waals surface area contributed by atoms with Crippen molar-refractivity contribution in [3.05, 3.63) is 99.8 Å². The number of fused-ring (bicyclic) bond motifs is 1. The molecule has 0 unspecified atom stereocenters. The largest absolute Gasteiger partial charge is 0.444 e. The third-order valence-electron chi connectivity index (χ3n) is 8.59. The van der Waals surface area contributed by atoms with Crippen LogP contribution in [0.5, 0.6) is 0 Å². The quantitative estimate of drug-likeness (QED) is 0.220. The summed E-state index contributed by atoms with van der Waals surface area (Å²) in [5, 5.41) is 19.5. The van der Waals surface area contributed by atoms with Crippen LogP contribution in [0.4, 0.5) is 4.79 Å². The molecule has 0 spiro atoms. The van der Waals surface area contributed by atoms with E-state index in [1.165, 1.54) is 10.9 Å². The van der Waals surface area contributed by atoms with E-state index in [0.29, 0.717) is 55.3 Å². The summed E-state index contributed by atoms with van der Waals surface area (Å²) in [6.07, 6.45) is 5.56. The third-order valence-corrected chi connectivity index (χ3v) is 8.94. The van der Waals surface area contributed by atoms with Crippen molar-refractivity contribution in [3.63, 3.8) is 0 Å². The molecule has 1 amide bonds. The average Bonchev–Trinajstić information content (AvgIpc) is 3.40. The number of halogens is 1. The van der Waals surface area contributed by atoms with Crippen LogP contribution in [0.15, 0.2) is 78.1 Å². The highest BCUT2D eigenvalue weighted by Crippen LogP contribution is 2.30. The van der Waals surface area contributed by atoms with Gasteiger partial charge in [-0.3, -0.25) is 23.9 Å². The summed E-state index contributed by atoms with van der Waals surface area (Å²) < 4.78 is 8.42. The molecule has 0 bridgehead atoms. The molecule has 1 saturated heterocycles. The summed E-state index contributed by atoms with van der Waals surface area (Å²) in [7, 11) is 1.78. The van der Waals surface area contributed by atoms with E-state index in [4.69, 9.17) is 16.3 Å². The second-order valence-corrected chi connectivity index (χ2v) is 13.8. The van der Waals surface area contributed by atoms with Crippen molar-refractivity contribution < 1.29 is 14.6 Å². The average molecular weight is 670 g/mol. The molecule has 0 saturated carbocycles. The summed E-state index contributed by atoms with van der Waals surface area (Å²) in [6, 6.07) is 17.6. The maximum absolute atomic E-state index is 13.6. The van der Waals surface area contributed by atoms with Crippen molar-refractivity contribution in [1.29, 1.82) is 0 Å². The number of carbonyl (C=O) groups excluding carboxylic acids is 1. The molecular weight excluding hydrogens is 630 g/mol. The van der Waals surface area contributed by atoms with Gasteiger partial charge in [-0.25, -0.2) is 9.78 Å². The number of amides is 1. The van der Waals surface area contributed by atoms with Crippen LogP contribution in [-0.2, 0) is 31.4 Å². The summed E-state index contributed by atoms with van der Waals surface area (Å²) >= 11 is 6.66. The van der Waals surface area contributed by atoms with Crippen LogP contribution >= 0.6 is 11.6 Å². The number of alkyl carbamates (subject to hydrolysis) is 1. The highest BCUT2D eigenvalue weighted by atomic mass is 35.5. The molecule has 1 aliphatic rings. The Hall–Kier alpha value is -4.58. The first-order chi connectivity index (χ1) is 22.9. The van der Waals surface area contributed by atoms with Gasteiger partial charge in [-0.1, -0.05) is 48.0 Å². The number of carbonyl (C=O) groups is 1. The molecule has 12 heteroatoms. The van der Waals surface area contributed by atoms with Gasteiger partial charge < -0.3 is 15.2 Å². The Morgan fingerprint density at radius 3 is 2.35 bits per heavy atom. The van der Waals surface area contributed by atoms with Crippen LogP contribution in [0, 0.1) is 0 Å². The summed E-state index contributed by atoms with van der Waals surface area (Å²) in [4.78, 5) is 36.6. The molecule has 250 valence electrons. The number of nitrogens with one attached hydrogen (secondary N) is 1. The summed E-state index contributed by atoms with van der Waals surface area (Å²) in [5.74, 6) is 0. The highest BCUT2D eigenvalue weighted by molar-refractivity contribution is 6.31. The maximum atomic E-state index is 13.6. The van der Waals surface area contributed by atoms with Gasteiger partial charge in [0, 0.05) is 56.2 Å². The van der Waals surface area contributed by atoms with Crippen LogP contribution in [0.25, 0.3) is 33.4 Å². The minimum Gasteiger partial charge on any atom is -0.444 e. The Balaban J connectivity index is 1.09. The third kappa shape index (κ3) is 7.59. The molecule has 0 aliphatic carbocycles. The first kappa shape index (κ1) is 33.3. The van der Waals surface area contributed by atoms with Gasteiger partial charge in [0.15, 0.2) is 5.52 Å². The van der Waals surface area contributed by atoms with Gasteiger partial charge in [-0.15, -0.1) is 0 Å². The van der Waals surface area contributed by atoms with Gasteiger partial charge in [0.1, 0.15) is 11.1 Å². The van der Waals surface area contributed by atoms with Crippen molar-refractivity contribution in [2.45, 2.75) is 64.4 Å². The van der Waals surface area contributed by atoms with E-state index in [1.807, 2.05) is 63.2 Å². The number of likely N-dealkylation sites (tertiary alicyclic amines) is 1. The number of hydrogen-bond acceptors (Lipinski definition) is 8. The zero-order valence-corrected chi connectivity index (χ0v) is 28.4. The Bertz CT molecular complexity index is 1980. The molecule has 11 nitrogen and oxygen atoms in total. The van der Waals surface area contributed by atoms with Crippen LogP contribution < -0.4 is 10.9 Å². The van der Waals surface area contributed by atoms with E-state index < -0.39 is 17.3 Å². The number of piperidine rings is 1. The van der Waals surface area contributed by atoms with Crippen LogP contribution in [0.2, 0.25) is 5.02 Å². The summed E-state index contributed by atoms with van der Waals surface area (Å²) in [5.41, 5.74) is 4.40. The number of aryl methyl sites for hydroxylation is 1. The van der Waals surface area contributed by atoms with Crippen molar-refractivity contribution in [3.8, 4) is 22.4 Å². The van der Waals surface area contributed by atoms with Crippen molar-refractivity contribution in [2.24, 2.45) is 7.05 Å². The number of benzene rings is 2. The van der Waals surface area contributed by atoms with E-state index in [0.717, 1.165) is 27.8 Å². The number of hydrogen-bond donors (Lipinski definition) is 2. The van der Waals surface area contributed by atoms with Crippen molar-refractivity contribution in [2.75, 3.05) is 13.1 Å². The first-order valence-electron chi connectivity index (χ1n) is 16.0. The molecule has 1 aliphatic heterocycles. The number of pyridine rings is 1. The standard InChI is InChI=1S/C36H40ClN7O4/c1-35(2,3)48-34(46)39-20-24-5-7-26(8-6-24)32-30-31(41-42(32)4)33(45)44(23-40-30)22-36(47)13-17-43(18-14-36)21-28-10-9-27(19-29(28)37)25-11-15-38-16-12-25/h5-12,15-16,19,23,47H,13-14,17-18,20-22H2,1-4H3,(H,39,46). The van der Waals surface area contributed by atoms with Gasteiger partial charge in [0.05, 0.1) is 24.2 Å². The Morgan fingerprint density at radius 2 is 1.69 bits per heavy atom. The predicted octanol–water partition coefficient (Wildman–Crippen LogP) is 5.56. The molecule has 2 aromatic carbocycles. The molecule has 48 heavy (non-hydrogen) atoms. The minimum absolute atomic E-state index is 0.134. The number of rotatable bonds is 8. The molecule has 0 radical (unpaired) electrons. The molecular formula is C36H40ClN7O4. The van der Waals surface area contributed by atoms with Crippen molar-refractivity contribution >= 4 is 28.7 Å². The van der Waals surface area contributed by atoms with E-state index >= 15 is 0 Å². The second-order valence-electron chi connectivity index (χ2n) is 13.4. The molecule has 0 atom stereocenters. The van der Waals surface area contributed by atoms with Gasteiger partial charge >= 0.3 is 6.09 Å². The molecule has 1 fully saturated rings. The Labute approximate surface area is 284 Å². The van der Waals surface area contributed by atoms with Crippen LogP contribution in [0.1, 0.15) is 44.7 Å². The smallest absolute Gasteiger partial charge is 0.407 e. The normalized spacial score (nSPS) is 15.0. The predicted molar refractivity (Wildman–Crippen MR) is 185 cm³/mol. The zero-order valence-electron chi connectivity index (χ0n) is 27.6. The molecule has 2 N–H and O–H groups in total. The number of ether oxygens (including phenoxy) is 1. The van der Waals surface area contributed by atoms with Crippen LogP contribution in [0.3, 0.4) is 0 Å². The first-order valence-corrected chi connectivity index (χ1v) is 16.4. The number of aliphatic hydroxyl groups is 1. The number of aromatic nitrogens is 5. The Morgan fingerprint density at radius 1 is 1.00 bits per heavy atom. The Kier molecular flexibility index (Phi) is 9.37. The topological polar surface area (TPSA) is 127 Å². The van der Waals surface area contributed by atoms with Crippen LogP contribution in [-0.4, -0.2) is 64.7 Å². The van der Waals surface area contributed by atoms with E-state index in [9.17, 15) is 14.7 Å². The SMILES string of the molecule is Cn1nc2c(=O)n(CC3(O)CCN(Cc4ccc(-c5ccncc5)cc4Cl)CC3)cnc2c1-c1ccc(CNC(=O)OC(C)(C)C)cc1. The molecule has 5 aromatic rings. The molecule has 3 aromatic heterocycles. The van der Waals surface area contributed by atoms with Gasteiger partial charge in [-0.2, -0.15) is 5.10 Å². The lowest BCUT2D eigenvalue weighted by Crippen LogP contribution is -2.47. The van der Waals surface area contributed by atoms with Gasteiger partial charge in [0.25, 0.3) is 5.56 Å². The second kappa shape index (κ2) is 13.5. The maximum Gasteiger partial charge on any atom is 0.407 e. The molecule has 4 heterocycles.